The van der Waals surface area contributed by atoms with Gasteiger partial charge in [0.25, 0.3) is 0 Å². The molecule has 19 heavy (non-hydrogen) atoms. The number of benzene rings is 1. The third kappa shape index (κ3) is 2.04. The van der Waals surface area contributed by atoms with E-state index in [9.17, 15) is 0 Å². The number of aryl methyl sites for hydroxylation is 1. The van der Waals surface area contributed by atoms with Crippen molar-refractivity contribution in [2.75, 3.05) is 12.3 Å². The first-order valence-electron chi connectivity index (χ1n) is 5.92. The van der Waals surface area contributed by atoms with Crippen molar-refractivity contribution >= 4 is 27.6 Å². The van der Waals surface area contributed by atoms with Gasteiger partial charge in [0.15, 0.2) is 22.9 Å². The Balaban J connectivity index is 2.21. The van der Waals surface area contributed by atoms with Crippen LogP contribution in [0.25, 0.3) is 22.4 Å². The molecule has 2 heterocycles. The molecule has 0 fully saturated rings. The number of hydrogen-bond acceptors (Lipinski definition) is 6. The summed E-state index contributed by atoms with van der Waals surface area (Å²) in [5, 5.41) is 0.561. The number of nitrogens with two attached hydrogens (primary N) is 1. The van der Waals surface area contributed by atoms with Crippen molar-refractivity contribution in [3.05, 3.63) is 23.4 Å². The van der Waals surface area contributed by atoms with Crippen LogP contribution in [-0.2, 0) is 0 Å². The van der Waals surface area contributed by atoms with Crippen molar-refractivity contribution in [3.63, 3.8) is 0 Å². The molecule has 3 rings (SSSR count). The summed E-state index contributed by atoms with van der Waals surface area (Å²) >= 11 is 1.47. The Morgan fingerprint density at radius 3 is 2.95 bits per heavy atom. The van der Waals surface area contributed by atoms with Gasteiger partial charge in [-0.1, -0.05) is 0 Å². The van der Waals surface area contributed by atoms with E-state index in [1.54, 1.807) is 0 Å². The second kappa shape index (κ2) is 4.55. The summed E-state index contributed by atoms with van der Waals surface area (Å²) in [6, 6.07) is 3.85. The minimum Gasteiger partial charge on any atom is -0.490 e. The molecule has 3 aromatic rings. The molecule has 0 saturated heterocycles. The van der Waals surface area contributed by atoms with Gasteiger partial charge in [0, 0.05) is 10.4 Å². The predicted octanol–water partition coefficient (Wildman–Crippen LogP) is 3.24. The lowest BCUT2D eigenvalue weighted by molar-refractivity contribution is 0.338. The Hall–Kier alpha value is -2.08. The quantitative estimate of drug-likeness (QED) is 0.794. The molecule has 0 unspecified atom stereocenters. The maximum absolute atomic E-state index is 5.75. The second-order valence-corrected chi connectivity index (χ2v) is 5.30. The molecule has 0 aliphatic carbocycles. The van der Waals surface area contributed by atoms with E-state index in [1.165, 1.54) is 17.7 Å². The van der Waals surface area contributed by atoms with Crippen LogP contribution in [0.5, 0.6) is 5.75 Å². The Labute approximate surface area is 114 Å². The van der Waals surface area contributed by atoms with E-state index >= 15 is 0 Å². The molecule has 0 saturated carbocycles. The zero-order valence-electron chi connectivity index (χ0n) is 10.6. The molecule has 6 heteroatoms. The first-order chi connectivity index (χ1) is 9.19. The SMILES string of the molecule is CCOc1cc(-c2nc(N)sc2C)cc2ncoc12. The van der Waals surface area contributed by atoms with Crippen molar-refractivity contribution in [1.29, 1.82) is 0 Å². The fourth-order valence-electron chi connectivity index (χ4n) is 2.02. The largest absolute Gasteiger partial charge is 0.490 e. The monoisotopic (exact) mass is 275 g/mol. The summed E-state index contributed by atoms with van der Waals surface area (Å²) in [5.74, 6) is 0.679. The number of oxazole rings is 1. The number of hydrogen-bond donors (Lipinski definition) is 1. The number of nitrogen functional groups attached to an aromatic ring is 1. The van der Waals surface area contributed by atoms with Crippen LogP contribution >= 0.6 is 11.3 Å². The highest BCUT2D eigenvalue weighted by Crippen LogP contribution is 2.35. The maximum atomic E-state index is 5.75. The van der Waals surface area contributed by atoms with E-state index in [0.717, 1.165) is 21.7 Å². The van der Waals surface area contributed by atoms with Gasteiger partial charge >= 0.3 is 0 Å². The van der Waals surface area contributed by atoms with Crippen LogP contribution in [0.2, 0.25) is 0 Å². The molecule has 0 bridgehead atoms. The second-order valence-electron chi connectivity index (χ2n) is 4.06. The number of aromatic nitrogens is 2. The topological polar surface area (TPSA) is 74.2 Å². The first kappa shape index (κ1) is 12.0. The summed E-state index contributed by atoms with van der Waals surface area (Å²) in [6.45, 7) is 4.50. The standard InChI is InChI=1S/C13H13N3O2S/c1-3-17-10-5-8(4-9-12(10)18-6-15-9)11-7(2)19-13(14)16-11/h4-6H,3H2,1-2H3,(H2,14,16). The maximum Gasteiger partial charge on any atom is 0.196 e. The van der Waals surface area contributed by atoms with Gasteiger partial charge in [0.1, 0.15) is 5.52 Å². The Morgan fingerprint density at radius 2 is 2.26 bits per heavy atom. The van der Waals surface area contributed by atoms with Crippen molar-refractivity contribution in [1.82, 2.24) is 9.97 Å². The van der Waals surface area contributed by atoms with E-state index in [1.807, 2.05) is 26.0 Å². The predicted molar refractivity (Wildman–Crippen MR) is 75.4 cm³/mol. The van der Waals surface area contributed by atoms with Crippen molar-refractivity contribution < 1.29 is 9.15 Å². The van der Waals surface area contributed by atoms with Crippen LogP contribution in [0.15, 0.2) is 22.9 Å². The average molecular weight is 275 g/mol. The molecule has 0 atom stereocenters. The fraction of sp³-hybridized carbons (Fsp3) is 0.231. The summed E-state index contributed by atoms with van der Waals surface area (Å²) in [4.78, 5) is 9.61. The van der Waals surface area contributed by atoms with Crippen LogP contribution in [0.3, 0.4) is 0 Å². The molecule has 0 aliphatic rings. The fourth-order valence-corrected chi connectivity index (χ4v) is 2.73. The molecule has 2 N–H and O–H groups in total. The van der Waals surface area contributed by atoms with Gasteiger partial charge < -0.3 is 14.9 Å². The highest BCUT2D eigenvalue weighted by molar-refractivity contribution is 7.15. The lowest BCUT2D eigenvalue weighted by Crippen LogP contribution is -1.93. The number of rotatable bonds is 3. The van der Waals surface area contributed by atoms with Crippen LogP contribution in [0.1, 0.15) is 11.8 Å². The number of fused-ring (bicyclic) bond motifs is 1. The Morgan fingerprint density at radius 1 is 1.42 bits per heavy atom. The van der Waals surface area contributed by atoms with Crippen molar-refractivity contribution in [2.45, 2.75) is 13.8 Å². The highest BCUT2D eigenvalue weighted by Gasteiger charge is 2.14. The van der Waals surface area contributed by atoms with Gasteiger partial charge in [-0.25, -0.2) is 9.97 Å². The lowest BCUT2D eigenvalue weighted by atomic mass is 10.1. The third-order valence-electron chi connectivity index (χ3n) is 2.78. The smallest absolute Gasteiger partial charge is 0.196 e. The zero-order chi connectivity index (χ0) is 13.4. The number of nitrogens with zero attached hydrogens (tertiary/aromatic N) is 2. The van der Waals surface area contributed by atoms with Crippen LogP contribution in [-0.4, -0.2) is 16.6 Å². The number of ether oxygens (including phenoxy) is 1. The van der Waals surface area contributed by atoms with Crippen LogP contribution in [0.4, 0.5) is 5.13 Å². The summed E-state index contributed by atoms with van der Waals surface area (Å²) < 4.78 is 10.9. The van der Waals surface area contributed by atoms with Gasteiger partial charge in [0.2, 0.25) is 0 Å². The lowest BCUT2D eigenvalue weighted by Gasteiger charge is -2.06. The first-order valence-corrected chi connectivity index (χ1v) is 6.74. The molecular formula is C13H13N3O2S. The molecular weight excluding hydrogens is 262 g/mol. The van der Waals surface area contributed by atoms with E-state index < -0.39 is 0 Å². The Bertz CT molecular complexity index is 733. The number of thiazole rings is 1. The third-order valence-corrected chi connectivity index (χ3v) is 3.58. The molecule has 5 nitrogen and oxygen atoms in total. The summed E-state index contributed by atoms with van der Waals surface area (Å²) in [6.07, 6.45) is 1.42. The molecule has 1 aromatic carbocycles. The molecule has 98 valence electrons. The summed E-state index contributed by atoms with van der Waals surface area (Å²) in [5.41, 5.74) is 8.97. The minimum atomic E-state index is 0.561. The molecule has 0 aliphatic heterocycles. The Kier molecular flexibility index (Phi) is 2.87. The van der Waals surface area contributed by atoms with Gasteiger partial charge in [-0.05, 0) is 26.0 Å². The minimum absolute atomic E-state index is 0.561. The normalized spacial score (nSPS) is 11.1. The van der Waals surface area contributed by atoms with E-state index in [4.69, 9.17) is 14.9 Å². The van der Waals surface area contributed by atoms with Crippen molar-refractivity contribution in [3.8, 4) is 17.0 Å². The number of anilines is 1. The average Bonchev–Trinajstić information content (AvgIpc) is 2.95. The van der Waals surface area contributed by atoms with Crippen LogP contribution in [0, 0.1) is 6.92 Å². The molecule has 0 radical (unpaired) electrons. The highest BCUT2D eigenvalue weighted by atomic mass is 32.1. The van der Waals surface area contributed by atoms with Gasteiger partial charge in [-0.3, -0.25) is 0 Å². The van der Waals surface area contributed by atoms with E-state index in [0.29, 0.717) is 23.1 Å². The van der Waals surface area contributed by atoms with E-state index in [-0.39, 0.29) is 0 Å². The molecule has 0 spiro atoms. The van der Waals surface area contributed by atoms with Crippen molar-refractivity contribution in [2.24, 2.45) is 0 Å². The van der Waals surface area contributed by atoms with Crippen LogP contribution < -0.4 is 10.5 Å². The summed E-state index contributed by atoms with van der Waals surface area (Å²) in [7, 11) is 0. The van der Waals surface area contributed by atoms with E-state index in [2.05, 4.69) is 9.97 Å². The van der Waals surface area contributed by atoms with Gasteiger partial charge in [-0.15, -0.1) is 11.3 Å². The molecule has 0 amide bonds. The molecule has 2 aromatic heterocycles. The van der Waals surface area contributed by atoms with Gasteiger partial charge in [-0.2, -0.15) is 0 Å². The zero-order valence-corrected chi connectivity index (χ0v) is 11.5. The van der Waals surface area contributed by atoms with Gasteiger partial charge in [0.05, 0.1) is 12.3 Å².